The summed E-state index contributed by atoms with van der Waals surface area (Å²) in [7, 11) is 0. The quantitative estimate of drug-likeness (QED) is 0.261. The second-order valence-electron chi connectivity index (χ2n) is 13.5. The predicted octanol–water partition coefficient (Wildman–Crippen LogP) is 5.94. The van der Waals surface area contributed by atoms with Crippen molar-refractivity contribution >= 4 is 23.9 Å². The second kappa shape index (κ2) is 12.2. The van der Waals surface area contributed by atoms with Crippen LogP contribution in [0.25, 0.3) is 0 Å². The van der Waals surface area contributed by atoms with E-state index < -0.39 is 76.7 Å². The first-order valence-corrected chi connectivity index (χ1v) is 15.9. The summed E-state index contributed by atoms with van der Waals surface area (Å²) in [6.45, 7) is 12.6. The molecule has 1 saturated heterocycles. The fraction of sp³-hybridized carbons (Fsp3) is 0.556. The van der Waals surface area contributed by atoms with E-state index in [2.05, 4.69) is 0 Å². The lowest BCUT2D eigenvalue weighted by Crippen LogP contribution is -2.76. The van der Waals surface area contributed by atoms with E-state index in [0.717, 1.165) is 0 Å². The minimum Gasteiger partial charge on any atom is -0.459 e. The highest BCUT2D eigenvalue weighted by atomic mass is 16.6. The van der Waals surface area contributed by atoms with E-state index >= 15 is 0 Å². The molecular weight excluding hydrogens is 576 g/mol. The Bertz CT molecular complexity index is 1420. The molecule has 2 aromatic rings. The number of carbonyl (C=O) groups excluding carboxylic acids is 4. The normalized spacial score (nSPS) is 33.7. The van der Waals surface area contributed by atoms with Crippen LogP contribution in [-0.4, -0.2) is 59.5 Å². The molecular formula is C36H44O9. The van der Waals surface area contributed by atoms with Gasteiger partial charge in [0.15, 0.2) is 6.10 Å². The van der Waals surface area contributed by atoms with Gasteiger partial charge in [0.2, 0.25) is 0 Å². The Morgan fingerprint density at radius 2 is 1.38 bits per heavy atom. The summed E-state index contributed by atoms with van der Waals surface area (Å²) in [5, 5.41) is 0. The smallest absolute Gasteiger partial charge is 0.338 e. The first-order valence-electron chi connectivity index (χ1n) is 15.9. The van der Waals surface area contributed by atoms with Crippen molar-refractivity contribution in [1.29, 1.82) is 0 Å². The van der Waals surface area contributed by atoms with Crippen molar-refractivity contribution in [1.82, 2.24) is 0 Å². The van der Waals surface area contributed by atoms with Gasteiger partial charge in [0.05, 0.1) is 34.0 Å². The number of fused-ring (bicyclic) bond motifs is 1. The maximum atomic E-state index is 13.8. The van der Waals surface area contributed by atoms with Gasteiger partial charge in [0, 0.05) is 6.92 Å². The number of benzene rings is 2. The van der Waals surface area contributed by atoms with Gasteiger partial charge >= 0.3 is 23.9 Å². The third kappa shape index (κ3) is 5.43. The average Bonchev–Trinajstić information content (AvgIpc) is 3.22. The summed E-state index contributed by atoms with van der Waals surface area (Å²) in [6.07, 6.45) is -2.40. The predicted molar refractivity (Wildman–Crippen MR) is 164 cm³/mol. The zero-order valence-corrected chi connectivity index (χ0v) is 27.1. The summed E-state index contributed by atoms with van der Waals surface area (Å²) in [5.41, 5.74) is -2.88. The average molecular weight is 621 g/mol. The molecule has 9 nitrogen and oxygen atoms in total. The van der Waals surface area contributed by atoms with E-state index in [4.69, 9.17) is 23.7 Å². The van der Waals surface area contributed by atoms with Crippen LogP contribution < -0.4 is 0 Å². The zero-order chi connectivity index (χ0) is 32.7. The summed E-state index contributed by atoms with van der Waals surface area (Å²) < 4.78 is 32.3. The van der Waals surface area contributed by atoms with E-state index in [-0.39, 0.29) is 5.92 Å². The number of ether oxygens (including phenoxy) is 5. The standard InChI is InChI=1S/C36H44O9/c1-8-21(2)31(38)43-28-27-29(41-23(4)37)36(45-34(27,5)6)22(3)19-20-26(42-32(39)24-15-11-9-12-16-24)35(36,7)30(28)44-33(40)25-17-13-10-14-18-25/h9-18,21-22,26-30H,8,19-20H2,1-7H3. The maximum Gasteiger partial charge on any atom is 0.338 e. The molecule has 0 N–H and O–H groups in total. The molecule has 0 aromatic heterocycles. The minimum absolute atomic E-state index is 0.216. The van der Waals surface area contributed by atoms with Crippen LogP contribution in [0.4, 0.5) is 0 Å². The van der Waals surface area contributed by atoms with Crippen LogP contribution in [0.3, 0.4) is 0 Å². The molecule has 3 aliphatic rings. The molecule has 242 valence electrons. The van der Waals surface area contributed by atoms with Gasteiger partial charge in [0.25, 0.3) is 0 Å². The first-order chi connectivity index (χ1) is 21.3. The van der Waals surface area contributed by atoms with Gasteiger partial charge in [0.1, 0.15) is 23.9 Å². The van der Waals surface area contributed by atoms with Crippen LogP contribution in [0.15, 0.2) is 60.7 Å². The van der Waals surface area contributed by atoms with Crippen LogP contribution >= 0.6 is 0 Å². The van der Waals surface area contributed by atoms with E-state index in [9.17, 15) is 19.2 Å². The summed E-state index contributed by atoms with van der Waals surface area (Å²) in [5.74, 6) is -3.49. The molecule has 9 unspecified atom stereocenters. The minimum atomic E-state index is -1.32. The molecule has 9 atom stereocenters. The van der Waals surface area contributed by atoms with E-state index in [1.54, 1.807) is 61.5 Å². The zero-order valence-electron chi connectivity index (χ0n) is 27.1. The molecule has 5 rings (SSSR count). The Morgan fingerprint density at radius 3 is 1.91 bits per heavy atom. The molecule has 3 fully saturated rings. The molecule has 1 aliphatic heterocycles. The van der Waals surface area contributed by atoms with Crippen molar-refractivity contribution in [3.8, 4) is 0 Å². The monoisotopic (exact) mass is 620 g/mol. The van der Waals surface area contributed by atoms with E-state index in [0.29, 0.717) is 30.4 Å². The Labute approximate surface area is 264 Å². The molecule has 2 aromatic carbocycles. The molecule has 0 radical (unpaired) electrons. The topological polar surface area (TPSA) is 114 Å². The lowest BCUT2D eigenvalue weighted by Gasteiger charge is -2.62. The summed E-state index contributed by atoms with van der Waals surface area (Å²) in [6, 6.07) is 17.2. The maximum absolute atomic E-state index is 13.8. The number of carbonyl (C=O) groups is 4. The largest absolute Gasteiger partial charge is 0.459 e. The number of hydrogen-bond donors (Lipinski definition) is 0. The molecule has 45 heavy (non-hydrogen) atoms. The molecule has 1 spiro atoms. The number of rotatable bonds is 8. The third-order valence-electron chi connectivity index (χ3n) is 10.4. The number of hydrogen-bond acceptors (Lipinski definition) is 9. The lowest BCUT2D eigenvalue weighted by atomic mass is 9.48. The van der Waals surface area contributed by atoms with Crippen molar-refractivity contribution in [2.75, 3.05) is 0 Å². The van der Waals surface area contributed by atoms with Gasteiger partial charge < -0.3 is 23.7 Å². The van der Waals surface area contributed by atoms with Crippen molar-refractivity contribution in [2.24, 2.45) is 23.2 Å². The number of esters is 4. The Hall–Kier alpha value is -3.72. The molecule has 9 heteroatoms. The summed E-state index contributed by atoms with van der Waals surface area (Å²) in [4.78, 5) is 53.7. The fourth-order valence-corrected chi connectivity index (χ4v) is 7.98. The van der Waals surface area contributed by atoms with Crippen LogP contribution in [0, 0.1) is 23.2 Å². The van der Waals surface area contributed by atoms with Crippen molar-refractivity contribution < 1.29 is 42.9 Å². The first kappa shape index (κ1) is 32.7. The van der Waals surface area contributed by atoms with Crippen LogP contribution in [0.2, 0.25) is 0 Å². The van der Waals surface area contributed by atoms with Crippen molar-refractivity contribution in [3.05, 3.63) is 71.8 Å². The molecule has 0 amide bonds. The molecule has 2 saturated carbocycles. The fourth-order valence-electron chi connectivity index (χ4n) is 7.98. The van der Waals surface area contributed by atoms with Crippen LogP contribution in [0.1, 0.15) is 88.4 Å². The highest BCUT2D eigenvalue weighted by molar-refractivity contribution is 5.90. The van der Waals surface area contributed by atoms with Gasteiger partial charge in [-0.05, 0) is 70.2 Å². The van der Waals surface area contributed by atoms with Gasteiger partial charge in [-0.3, -0.25) is 9.59 Å². The van der Waals surface area contributed by atoms with E-state index in [1.807, 2.05) is 40.7 Å². The Kier molecular flexibility index (Phi) is 8.88. The molecule has 1 heterocycles. The van der Waals surface area contributed by atoms with Gasteiger partial charge in [-0.2, -0.15) is 0 Å². The Morgan fingerprint density at radius 1 is 0.822 bits per heavy atom. The molecule has 2 aliphatic carbocycles. The van der Waals surface area contributed by atoms with Gasteiger partial charge in [-0.15, -0.1) is 0 Å². The second-order valence-corrected chi connectivity index (χ2v) is 13.5. The molecule has 2 bridgehead atoms. The van der Waals surface area contributed by atoms with Gasteiger partial charge in [-0.1, -0.05) is 57.2 Å². The van der Waals surface area contributed by atoms with Crippen molar-refractivity contribution in [3.63, 3.8) is 0 Å². The van der Waals surface area contributed by atoms with Crippen LogP contribution in [0.5, 0.6) is 0 Å². The van der Waals surface area contributed by atoms with Gasteiger partial charge in [-0.25, -0.2) is 9.59 Å². The summed E-state index contributed by atoms with van der Waals surface area (Å²) >= 11 is 0. The van der Waals surface area contributed by atoms with Crippen molar-refractivity contribution in [2.45, 2.75) is 103 Å². The SMILES string of the molecule is CCC(C)C(=O)OC1C2C(OC(C)=O)C3(OC2(C)C)C(C)CCC(OC(=O)c2ccccc2)C3(C)C1OC(=O)c1ccccc1. The highest BCUT2D eigenvalue weighted by Gasteiger charge is 2.82. The Balaban J connectivity index is 1.72. The third-order valence-corrected chi connectivity index (χ3v) is 10.4. The lowest BCUT2D eigenvalue weighted by molar-refractivity contribution is -0.296. The van der Waals surface area contributed by atoms with Crippen LogP contribution in [-0.2, 0) is 33.3 Å². The highest BCUT2D eigenvalue weighted by Crippen LogP contribution is 2.68. The van der Waals surface area contributed by atoms with E-state index in [1.165, 1.54) is 6.92 Å².